The number of nitrogens with zero attached hydrogens (tertiary/aromatic N) is 3. The molecule has 0 aliphatic carbocycles. The van der Waals surface area contributed by atoms with Gasteiger partial charge in [0.1, 0.15) is 0 Å². The van der Waals surface area contributed by atoms with E-state index in [1.165, 1.54) is 16.7 Å². The van der Waals surface area contributed by atoms with Gasteiger partial charge in [0.15, 0.2) is 0 Å². The zero-order chi connectivity index (χ0) is 18.3. The summed E-state index contributed by atoms with van der Waals surface area (Å²) in [4.78, 5) is 15.3. The number of aryl methyl sites for hydroxylation is 2. The van der Waals surface area contributed by atoms with Crippen LogP contribution in [0.15, 0.2) is 54.6 Å². The highest BCUT2D eigenvalue weighted by atomic mass is 16.2. The molecule has 1 aliphatic heterocycles. The van der Waals surface area contributed by atoms with E-state index < -0.39 is 0 Å². The summed E-state index contributed by atoms with van der Waals surface area (Å²) in [5.41, 5.74) is 6.24. The normalized spacial score (nSPS) is 16.4. The highest BCUT2D eigenvalue weighted by Crippen LogP contribution is 2.34. The monoisotopic (exact) mass is 345 g/mol. The molecule has 1 unspecified atom stereocenters. The first-order chi connectivity index (χ1) is 12.6. The molecule has 0 N–H and O–H groups in total. The van der Waals surface area contributed by atoms with Crippen LogP contribution >= 0.6 is 0 Å². The third kappa shape index (κ3) is 2.71. The van der Waals surface area contributed by atoms with E-state index >= 15 is 0 Å². The maximum absolute atomic E-state index is 13.3. The van der Waals surface area contributed by atoms with Gasteiger partial charge < -0.3 is 4.90 Å². The van der Waals surface area contributed by atoms with Crippen LogP contribution in [0.2, 0.25) is 0 Å². The van der Waals surface area contributed by atoms with E-state index in [4.69, 9.17) is 0 Å². The molecule has 1 amide bonds. The summed E-state index contributed by atoms with van der Waals surface area (Å²) in [7, 11) is 1.89. The minimum atomic E-state index is 0.0727. The predicted octanol–water partition coefficient (Wildman–Crippen LogP) is 3.82. The number of carbonyl (C=O) groups is 1. The summed E-state index contributed by atoms with van der Waals surface area (Å²) in [5, 5.41) is 4.42. The van der Waals surface area contributed by atoms with E-state index in [9.17, 15) is 4.79 Å². The standard InChI is InChI=1S/C22H23N3O/c1-15-21(16(2)24(3)23-15)22(26)25-13-18-11-7-8-12-19(18)20(14-25)17-9-5-4-6-10-17/h4-12,20H,13-14H2,1-3H3. The Morgan fingerprint density at radius 2 is 1.73 bits per heavy atom. The Bertz CT molecular complexity index is 959. The summed E-state index contributed by atoms with van der Waals surface area (Å²) < 4.78 is 1.79. The number of rotatable bonds is 2. The fourth-order valence-electron chi connectivity index (χ4n) is 3.97. The number of fused-ring (bicyclic) bond motifs is 1. The molecule has 132 valence electrons. The zero-order valence-corrected chi connectivity index (χ0v) is 15.4. The van der Waals surface area contributed by atoms with Crippen molar-refractivity contribution in [3.63, 3.8) is 0 Å². The smallest absolute Gasteiger partial charge is 0.257 e. The first-order valence-corrected chi connectivity index (χ1v) is 8.98. The Morgan fingerprint density at radius 3 is 2.42 bits per heavy atom. The first kappa shape index (κ1) is 16.6. The van der Waals surface area contributed by atoms with Crippen molar-refractivity contribution in [3.8, 4) is 0 Å². The second-order valence-corrected chi connectivity index (χ2v) is 7.02. The van der Waals surface area contributed by atoms with Crippen LogP contribution in [0, 0.1) is 13.8 Å². The third-order valence-corrected chi connectivity index (χ3v) is 5.41. The summed E-state index contributed by atoms with van der Waals surface area (Å²) >= 11 is 0. The number of hydrogen-bond acceptors (Lipinski definition) is 2. The molecule has 2 aromatic carbocycles. The van der Waals surface area contributed by atoms with Crippen molar-refractivity contribution in [3.05, 3.63) is 88.2 Å². The zero-order valence-electron chi connectivity index (χ0n) is 15.4. The van der Waals surface area contributed by atoms with Gasteiger partial charge in [0, 0.05) is 31.7 Å². The van der Waals surface area contributed by atoms with Gasteiger partial charge in [0.05, 0.1) is 11.3 Å². The Labute approximate surface area is 154 Å². The Morgan fingerprint density at radius 1 is 1.04 bits per heavy atom. The molecule has 0 saturated carbocycles. The number of amides is 1. The summed E-state index contributed by atoms with van der Waals surface area (Å²) in [6.45, 7) is 5.20. The molecule has 1 aliphatic rings. The maximum Gasteiger partial charge on any atom is 0.257 e. The molecule has 4 nitrogen and oxygen atoms in total. The number of aromatic nitrogens is 2. The molecule has 4 heteroatoms. The van der Waals surface area contributed by atoms with Crippen molar-refractivity contribution in [1.29, 1.82) is 0 Å². The Balaban J connectivity index is 1.75. The third-order valence-electron chi connectivity index (χ3n) is 5.41. The van der Waals surface area contributed by atoms with Gasteiger partial charge in [-0.3, -0.25) is 9.48 Å². The van der Waals surface area contributed by atoms with Crippen LogP contribution in [-0.2, 0) is 13.6 Å². The molecule has 0 spiro atoms. The van der Waals surface area contributed by atoms with Crippen molar-refractivity contribution >= 4 is 5.91 Å². The molecule has 1 atom stereocenters. The maximum atomic E-state index is 13.3. The lowest BCUT2D eigenvalue weighted by Crippen LogP contribution is -2.39. The SMILES string of the molecule is Cc1nn(C)c(C)c1C(=O)N1Cc2ccccc2C(c2ccccc2)C1. The number of carbonyl (C=O) groups excluding carboxylic acids is 1. The Hall–Kier alpha value is -2.88. The van der Waals surface area contributed by atoms with Gasteiger partial charge in [0.2, 0.25) is 0 Å². The van der Waals surface area contributed by atoms with Crippen LogP contribution in [0.5, 0.6) is 0 Å². The lowest BCUT2D eigenvalue weighted by atomic mass is 9.84. The fraction of sp³-hybridized carbons (Fsp3) is 0.273. The van der Waals surface area contributed by atoms with Crippen LogP contribution < -0.4 is 0 Å². The Kier molecular flexibility index (Phi) is 4.11. The molecule has 1 aromatic heterocycles. The average Bonchev–Trinajstić information content (AvgIpc) is 2.92. The van der Waals surface area contributed by atoms with Crippen LogP contribution in [0.1, 0.15) is 44.4 Å². The second kappa shape index (κ2) is 6.45. The molecule has 26 heavy (non-hydrogen) atoms. The van der Waals surface area contributed by atoms with Crippen molar-refractivity contribution in [1.82, 2.24) is 14.7 Å². The lowest BCUT2D eigenvalue weighted by molar-refractivity contribution is 0.0723. The van der Waals surface area contributed by atoms with E-state index in [0.29, 0.717) is 13.1 Å². The van der Waals surface area contributed by atoms with Gasteiger partial charge in [-0.2, -0.15) is 5.10 Å². The van der Waals surface area contributed by atoms with Gasteiger partial charge >= 0.3 is 0 Å². The summed E-state index contributed by atoms with van der Waals surface area (Å²) in [6.07, 6.45) is 0. The molecule has 2 heterocycles. The molecule has 0 bridgehead atoms. The minimum absolute atomic E-state index is 0.0727. The van der Waals surface area contributed by atoms with Crippen molar-refractivity contribution in [2.75, 3.05) is 6.54 Å². The second-order valence-electron chi connectivity index (χ2n) is 7.02. The molecular weight excluding hydrogens is 322 g/mol. The van der Waals surface area contributed by atoms with Gasteiger partial charge in [-0.1, -0.05) is 54.6 Å². The topological polar surface area (TPSA) is 38.1 Å². The highest BCUT2D eigenvalue weighted by molar-refractivity contribution is 5.96. The number of hydrogen-bond donors (Lipinski definition) is 0. The van der Waals surface area contributed by atoms with Crippen molar-refractivity contribution < 1.29 is 4.79 Å². The van der Waals surface area contributed by atoms with E-state index in [1.54, 1.807) is 4.68 Å². The van der Waals surface area contributed by atoms with Gasteiger partial charge in [-0.15, -0.1) is 0 Å². The molecule has 4 rings (SSSR count). The largest absolute Gasteiger partial charge is 0.333 e. The van der Waals surface area contributed by atoms with E-state index in [2.05, 4.69) is 53.6 Å². The van der Waals surface area contributed by atoms with Crippen molar-refractivity contribution in [2.45, 2.75) is 26.3 Å². The molecule has 0 radical (unpaired) electrons. The van der Waals surface area contributed by atoms with Crippen molar-refractivity contribution in [2.24, 2.45) is 7.05 Å². The lowest BCUT2D eigenvalue weighted by Gasteiger charge is -2.35. The highest BCUT2D eigenvalue weighted by Gasteiger charge is 2.31. The van der Waals surface area contributed by atoms with Gasteiger partial charge in [0.25, 0.3) is 5.91 Å². The van der Waals surface area contributed by atoms with E-state index in [-0.39, 0.29) is 11.8 Å². The molecule has 3 aromatic rings. The van der Waals surface area contributed by atoms with Gasteiger partial charge in [-0.25, -0.2) is 0 Å². The van der Waals surface area contributed by atoms with Crippen LogP contribution in [-0.4, -0.2) is 27.1 Å². The van der Waals surface area contributed by atoms with Crippen LogP contribution in [0.25, 0.3) is 0 Å². The first-order valence-electron chi connectivity index (χ1n) is 8.98. The van der Waals surface area contributed by atoms with Crippen LogP contribution in [0.3, 0.4) is 0 Å². The molecular formula is C22H23N3O. The predicted molar refractivity (Wildman–Crippen MR) is 102 cm³/mol. The summed E-state index contributed by atoms with van der Waals surface area (Å²) in [6, 6.07) is 18.9. The summed E-state index contributed by atoms with van der Waals surface area (Å²) in [5.74, 6) is 0.269. The van der Waals surface area contributed by atoms with Crippen LogP contribution in [0.4, 0.5) is 0 Å². The quantitative estimate of drug-likeness (QED) is 0.708. The minimum Gasteiger partial charge on any atom is -0.333 e. The van der Waals surface area contributed by atoms with E-state index in [0.717, 1.165) is 17.0 Å². The fourth-order valence-corrected chi connectivity index (χ4v) is 3.97. The van der Waals surface area contributed by atoms with Gasteiger partial charge in [-0.05, 0) is 30.5 Å². The molecule has 0 saturated heterocycles. The average molecular weight is 345 g/mol. The van der Waals surface area contributed by atoms with E-state index in [1.807, 2.05) is 31.9 Å². The number of benzene rings is 2. The molecule has 0 fully saturated rings.